The number of carbonyl (C=O) groups excluding carboxylic acids is 1. The molecule has 3 nitrogen and oxygen atoms in total. The van der Waals surface area contributed by atoms with Crippen LogP contribution in [0.15, 0.2) is 72.8 Å². The molecule has 0 unspecified atom stereocenters. The summed E-state index contributed by atoms with van der Waals surface area (Å²) in [6.45, 7) is 0.393. The fourth-order valence-corrected chi connectivity index (χ4v) is 3.81. The van der Waals surface area contributed by atoms with Gasteiger partial charge in [0.15, 0.2) is 0 Å². The van der Waals surface area contributed by atoms with Crippen LogP contribution in [0.25, 0.3) is 0 Å². The molecule has 3 aromatic rings. The zero-order valence-electron chi connectivity index (χ0n) is 15.5. The number of rotatable bonds is 5. The summed E-state index contributed by atoms with van der Waals surface area (Å²) >= 11 is 6.15. The third-order valence-corrected chi connectivity index (χ3v) is 5.51. The van der Waals surface area contributed by atoms with Gasteiger partial charge in [-0.3, -0.25) is 4.79 Å². The van der Waals surface area contributed by atoms with Gasteiger partial charge in [-0.05, 0) is 60.7 Å². The molecule has 1 amide bonds. The second-order valence-corrected chi connectivity index (χ2v) is 7.43. The second-order valence-electron chi connectivity index (χ2n) is 7.02. The van der Waals surface area contributed by atoms with E-state index in [4.69, 9.17) is 16.3 Å². The van der Waals surface area contributed by atoms with Crippen molar-refractivity contribution in [3.05, 3.63) is 100 Å². The van der Waals surface area contributed by atoms with Gasteiger partial charge in [0, 0.05) is 16.1 Å². The average molecular weight is 392 g/mol. The number of ether oxygens (including phenoxy) is 1. The van der Waals surface area contributed by atoms with E-state index in [1.807, 2.05) is 42.5 Å². The number of carbonyl (C=O) groups is 1. The molecule has 1 aliphatic rings. The Morgan fingerprint density at radius 1 is 1.00 bits per heavy atom. The first-order valence-corrected chi connectivity index (χ1v) is 9.93. The predicted molar refractivity (Wildman–Crippen MR) is 112 cm³/mol. The molecule has 3 aromatic carbocycles. The van der Waals surface area contributed by atoms with Gasteiger partial charge in [0.1, 0.15) is 12.4 Å². The van der Waals surface area contributed by atoms with Crippen LogP contribution < -0.4 is 10.1 Å². The standard InChI is InChI=1S/C24H22ClNO2/c25-22-10-4-2-7-19(22)16-28-20-14-12-18(13-15-20)24(27)26-23-11-5-8-17-6-1-3-9-21(17)23/h1-4,6-7,9-10,12-15,23H,5,8,11,16H2,(H,26,27)/t23-/m1/s1. The second kappa shape index (κ2) is 8.49. The van der Waals surface area contributed by atoms with Gasteiger partial charge < -0.3 is 10.1 Å². The molecule has 0 fully saturated rings. The van der Waals surface area contributed by atoms with Crippen molar-refractivity contribution in [2.75, 3.05) is 0 Å². The van der Waals surface area contributed by atoms with Crippen LogP contribution in [0.3, 0.4) is 0 Å². The first kappa shape index (κ1) is 18.6. The summed E-state index contributed by atoms with van der Waals surface area (Å²) in [7, 11) is 0. The van der Waals surface area contributed by atoms with Gasteiger partial charge in [0.2, 0.25) is 0 Å². The molecule has 0 aliphatic heterocycles. The van der Waals surface area contributed by atoms with Crippen LogP contribution in [0.1, 0.15) is 45.9 Å². The molecule has 4 heteroatoms. The summed E-state index contributed by atoms with van der Waals surface area (Å²) in [5.74, 6) is 0.652. The van der Waals surface area contributed by atoms with Gasteiger partial charge in [-0.15, -0.1) is 0 Å². The third kappa shape index (κ3) is 4.20. The van der Waals surface area contributed by atoms with Gasteiger partial charge in [0.05, 0.1) is 6.04 Å². The zero-order valence-corrected chi connectivity index (χ0v) is 16.3. The maximum absolute atomic E-state index is 12.7. The molecular weight excluding hydrogens is 370 g/mol. The Bertz CT molecular complexity index is 968. The predicted octanol–water partition coefficient (Wildman–Crippen LogP) is 5.73. The number of hydrogen-bond donors (Lipinski definition) is 1. The highest BCUT2D eigenvalue weighted by Gasteiger charge is 2.21. The molecule has 0 saturated heterocycles. The first-order valence-electron chi connectivity index (χ1n) is 9.55. The normalized spacial score (nSPS) is 15.5. The van der Waals surface area contributed by atoms with Crippen LogP contribution in [0.4, 0.5) is 0 Å². The molecule has 1 atom stereocenters. The van der Waals surface area contributed by atoms with Gasteiger partial charge in [0.25, 0.3) is 5.91 Å². The number of nitrogens with one attached hydrogen (secondary N) is 1. The van der Waals surface area contributed by atoms with Crippen LogP contribution in [0.5, 0.6) is 5.75 Å². The van der Waals surface area contributed by atoms with E-state index in [-0.39, 0.29) is 11.9 Å². The SMILES string of the molecule is O=C(N[C@@H]1CCCc2ccccc21)c1ccc(OCc2ccccc2Cl)cc1. The maximum atomic E-state index is 12.7. The maximum Gasteiger partial charge on any atom is 0.251 e. The van der Waals surface area contributed by atoms with Crippen LogP contribution in [0, 0.1) is 0 Å². The molecular formula is C24H22ClNO2. The molecule has 0 aromatic heterocycles. The lowest BCUT2D eigenvalue weighted by atomic mass is 9.87. The molecule has 4 rings (SSSR count). The van der Waals surface area contributed by atoms with E-state index in [1.165, 1.54) is 11.1 Å². The van der Waals surface area contributed by atoms with Crippen LogP contribution in [-0.2, 0) is 13.0 Å². The van der Waals surface area contributed by atoms with Gasteiger partial charge in [-0.2, -0.15) is 0 Å². The fraction of sp³-hybridized carbons (Fsp3) is 0.208. The Labute approximate surface area is 170 Å². The van der Waals surface area contributed by atoms with Crippen molar-refractivity contribution in [1.82, 2.24) is 5.32 Å². The minimum Gasteiger partial charge on any atom is -0.489 e. The number of benzene rings is 3. The van der Waals surface area contributed by atoms with Crippen LogP contribution in [0.2, 0.25) is 5.02 Å². The summed E-state index contributed by atoms with van der Waals surface area (Å²) in [6.07, 6.45) is 3.15. The number of hydrogen-bond acceptors (Lipinski definition) is 2. The minimum absolute atomic E-state index is 0.0562. The summed E-state index contributed by atoms with van der Waals surface area (Å²) in [6, 6.07) is 23.3. The Morgan fingerprint density at radius 2 is 1.75 bits per heavy atom. The van der Waals surface area contributed by atoms with Crippen molar-refractivity contribution < 1.29 is 9.53 Å². The Morgan fingerprint density at radius 3 is 2.57 bits per heavy atom. The van der Waals surface area contributed by atoms with Crippen LogP contribution >= 0.6 is 11.6 Å². The fourth-order valence-electron chi connectivity index (χ4n) is 3.62. The van der Waals surface area contributed by atoms with Crippen molar-refractivity contribution in [2.45, 2.75) is 31.9 Å². The first-order chi connectivity index (χ1) is 13.7. The smallest absolute Gasteiger partial charge is 0.251 e. The third-order valence-electron chi connectivity index (χ3n) is 5.14. The van der Waals surface area contributed by atoms with Gasteiger partial charge in [-0.25, -0.2) is 0 Å². The molecule has 1 aliphatic carbocycles. The highest BCUT2D eigenvalue weighted by Crippen LogP contribution is 2.29. The van der Waals surface area contributed by atoms with E-state index in [1.54, 1.807) is 12.1 Å². The molecule has 1 N–H and O–H groups in total. The molecule has 0 radical (unpaired) electrons. The topological polar surface area (TPSA) is 38.3 Å². The van der Waals surface area contributed by atoms with E-state index >= 15 is 0 Å². The highest BCUT2D eigenvalue weighted by atomic mass is 35.5. The Kier molecular flexibility index (Phi) is 5.63. The summed E-state index contributed by atoms with van der Waals surface area (Å²) in [5.41, 5.74) is 4.14. The summed E-state index contributed by atoms with van der Waals surface area (Å²) in [4.78, 5) is 12.7. The lowest BCUT2D eigenvalue weighted by Crippen LogP contribution is -2.30. The van der Waals surface area contributed by atoms with Crippen molar-refractivity contribution in [2.24, 2.45) is 0 Å². The van der Waals surface area contributed by atoms with E-state index in [2.05, 4.69) is 23.5 Å². The van der Waals surface area contributed by atoms with Gasteiger partial charge >= 0.3 is 0 Å². The molecule has 0 heterocycles. The minimum atomic E-state index is -0.0562. The lowest BCUT2D eigenvalue weighted by Gasteiger charge is -2.26. The van der Waals surface area contributed by atoms with Crippen molar-refractivity contribution >= 4 is 17.5 Å². The monoisotopic (exact) mass is 391 g/mol. The van der Waals surface area contributed by atoms with E-state index in [0.717, 1.165) is 24.8 Å². The largest absolute Gasteiger partial charge is 0.489 e. The summed E-state index contributed by atoms with van der Waals surface area (Å²) < 4.78 is 5.79. The molecule has 142 valence electrons. The molecule has 0 saturated carbocycles. The van der Waals surface area contributed by atoms with Crippen molar-refractivity contribution in [1.29, 1.82) is 0 Å². The number of fused-ring (bicyclic) bond motifs is 1. The number of aryl methyl sites for hydroxylation is 1. The quantitative estimate of drug-likeness (QED) is 0.603. The number of amides is 1. The lowest BCUT2D eigenvalue weighted by molar-refractivity contribution is 0.0932. The van der Waals surface area contributed by atoms with E-state index < -0.39 is 0 Å². The Balaban J connectivity index is 1.39. The summed E-state index contributed by atoms with van der Waals surface area (Å²) in [5, 5.41) is 3.87. The Hall–Kier alpha value is -2.78. The molecule has 28 heavy (non-hydrogen) atoms. The average Bonchev–Trinajstić information content (AvgIpc) is 2.74. The zero-order chi connectivity index (χ0) is 19.3. The highest BCUT2D eigenvalue weighted by molar-refractivity contribution is 6.31. The van der Waals surface area contributed by atoms with Crippen molar-refractivity contribution in [3.8, 4) is 5.75 Å². The number of halogens is 1. The van der Waals surface area contributed by atoms with Crippen LogP contribution in [-0.4, -0.2) is 5.91 Å². The van der Waals surface area contributed by atoms with E-state index in [0.29, 0.717) is 22.9 Å². The molecule has 0 spiro atoms. The molecule has 0 bridgehead atoms. The van der Waals surface area contributed by atoms with Gasteiger partial charge in [-0.1, -0.05) is 54.1 Å². The van der Waals surface area contributed by atoms with E-state index in [9.17, 15) is 4.79 Å². The van der Waals surface area contributed by atoms with Crippen molar-refractivity contribution in [3.63, 3.8) is 0 Å².